The van der Waals surface area contributed by atoms with Crippen LogP contribution in [0.4, 0.5) is 4.39 Å². The first-order valence-electron chi connectivity index (χ1n) is 6.70. The van der Waals surface area contributed by atoms with Gasteiger partial charge in [-0.05, 0) is 48.3 Å². The van der Waals surface area contributed by atoms with Crippen LogP contribution in [0.2, 0.25) is 0 Å². The van der Waals surface area contributed by atoms with E-state index in [0.29, 0.717) is 16.5 Å². The second-order valence-corrected chi connectivity index (χ2v) is 6.47. The molecule has 3 heteroatoms. The molecule has 3 unspecified atom stereocenters. The Bertz CT molecular complexity index is 436. The molecule has 18 heavy (non-hydrogen) atoms. The van der Waals surface area contributed by atoms with Crippen molar-refractivity contribution in [3.8, 4) is 5.75 Å². The third-order valence-corrected chi connectivity index (χ3v) is 5.69. The number of ether oxygens (including phenoxy) is 1. The second kappa shape index (κ2) is 4.84. The molecule has 2 fully saturated rings. The van der Waals surface area contributed by atoms with E-state index >= 15 is 0 Å². The molecule has 2 aliphatic carbocycles. The highest BCUT2D eigenvalue weighted by atomic mass is 79.9. The number of hydrogen-bond donors (Lipinski definition) is 0. The summed E-state index contributed by atoms with van der Waals surface area (Å²) in [5.41, 5.74) is 1.05. The third kappa shape index (κ3) is 2.07. The fraction of sp³-hybridized carbons (Fsp3) is 0.600. The van der Waals surface area contributed by atoms with E-state index in [9.17, 15) is 4.39 Å². The Morgan fingerprint density at radius 3 is 2.50 bits per heavy atom. The summed E-state index contributed by atoms with van der Waals surface area (Å²) in [5.74, 6) is 2.51. The molecule has 1 nitrogen and oxygen atoms in total. The Morgan fingerprint density at radius 1 is 1.28 bits per heavy atom. The lowest BCUT2D eigenvalue weighted by molar-refractivity contribution is 0.386. The van der Waals surface area contributed by atoms with Crippen LogP contribution in [0.3, 0.4) is 0 Å². The fourth-order valence-corrected chi connectivity index (χ4v) is 4.63. The molecule has 0 bridgehead atoms. The number of fused-ring (bicyclic) bond motifs is 1. The van der Waals surface area contributed by atoms with E-state index in [0.717, 1.165) is 17.4 Å². The molecule has 0 amide bonds. The largest absolute Gasteiger partial charge is 0.494 e. The lowest BCUT2D eigenvalue weighted by Crippen LogP contribution is -1.97. The SMILES string of the molecule is COc1ccc(C(Br)C2C3CCCCC32)cc1F. The Balaban J connectivity index is 1.76. The number of rotatable bonds is 3. The van der Waals surface area contributed by atoms with Gasteiger partial charge in [-0.25, -0.2) is 4.39 Å². The van der Waals surface area contributed by atoms with Crippen LogP contribution in [0.25, 0.3) is 0 Å². The number of halogens is 2. The standard InChI is InChI=1S/C15H18BrFO/c1-18-13-7-6-9(8-12(13)17)15(16)14-10-4-2-3-5-11(10)14/h6-8,10-11,14-15H,2-5H2,1H3. The number of methoxy groups -OCH3 is 1. The molecule has 0 spiro atoms. The lowest BCUT2D eigenvalue weighted by Gasteiger charge is -2.11. The van der Waals surface area contributed by atoms with E-state index in [-0.39, 0.29) is 5.82 Å². The van der Waals surface area contributed by atoms with E-state index in [2.05, 4.69) is 15.9 Å². The maximum absolute atomic E-state index is 13.7. The zero-order valence-electron chi connectivity index (χ0n) is 10.5. The van der Waals surface area contributed by atoms with Crippen LogP contribution in [-0.4, -0.2) is 7.11 Å². The first kappa shape index (κ1) is 12.5. The Morgan fingerprint density at radius 2 is 1.94 bits per heavy atom. The number of benzene rings is 1. The second-order valence-electron chi connectivity index (χ2n) is 5.49. The van der Waals surface area contributed by atoms with Crippen molar-refractivity contribution in [1.29, 1.82) is 0 Å². The van der Waals surface area contributed by atoms with Crippen molar-refractivity contribution >= 4 is 15.9 Å². The summed E-state index contributed by atoms with van der Waals surface area (Å²) in [6, 6.07) is 5.32. The summed E-state index contributed by atoms with van der Waals surface area (Å²) >= 11 is 3.78. The summed E-state index contributed by atoms with van der Waals surface area (Å²) in [7, 11) is 1.50. The monoisotopic (exact) mass is 312 g/mol. The van der Waals surface area contributed by atoms with Gasteiger partial charge in [0.15, 0.2) is 11.6 Å². The van der Waals surface area contributed by atoms with Gasteiger partial charge < -0.3 is 4.74 Å². The van der Waals surface area contributed by atoms with Crippen LogP contribution < -0.4 is 4.74 Å². The van der Waals surface area contributed by atoms with Gasteiger partial charge in [-0.1, -0.05) is 34.8 Å². The minimum atomic E-state index is -0.261. The smallest absolute Gasteiger partial charge is 0.165 e. The molecule has 0 radical (unpaired) electrons. The van der Waals surface area contributed by atoms with E-state index in [1.54, 1.807) is 12.1 Å². The minimum Gasteiger partial charge on any atom is -0.494 e. The van der Waals surface area contributed by atoms with Gasteiger partial charge in [-0.15, -0.1) is 0 Å². The van der Waals surface area contributed by atoms with Crippen molar-refractivity contribution in [2.45, 2.75) is 30.5 Å². The average molecular weight is 313 g/mol. The van der Waals surface area contributed by atoms with E-state index in [4.69, 9.17) is 4.74 Å². The van der Waals surface area contributed by atoms with Crippen LogP contribution in [0.15, 0.2) is 18.2 Å². The Labute approximate surface area is 116 Å². The fourth-order valence-electron chi connectivity index (χ4n) is 3.56. The first-order valence-corrected chi connectivity index (χ1v) is 7.61. The van der Waals surface area contributed by atoms with Crippen molar-refractivity contribution in [3.63, 3.8) is 0 Å². The molecule has 98 valence electrons. The average Bonchev–Trinajstić information content (AvgIpc) is 3.12. The first-order chi connectivity index (χ1) is 8.72. The van der Waals surface area contributed by atoms with Gasteiger partial charge in [-0.2, -0.15) is 0 Å². The van der Waals surface area contributed by atoms with Crippen molar-refractivity contribution in [3.05, 3.63) is 29.6 Å². The van der Waals surface area contributed by atoms with Crippen LogP contribution in [-0.2, 0) is 0 Å². The summed E-state index contributed by atoms with van der Waals surface area (Å²) in [6.45, 7) is 0. The highest BCUT2D eigenvalue weighted by molar-refractivity contribution is 9.09. The van der Waals surface area contributed by atoms with E-state index in [1.165, 1.54) is 32.8 Å². The van der Waals surface area contributed by atoms with E-state index < -0.39 is 0 Å². The predicted molar refractivity (Wildman–Crippen MR) is 73.6 cm³/mol. The summed E-state index contributed by atoms with van der Waals surface area (Å²) in [6.07, 6.45) is 5.45. The molecule has 3 atom stereocenters. The van der Waals surface area contributed by atoms with Gasteiger partial charge >= 0.3 is 0 Å². The van der Waals surface area contributed by atoms with Crippen LogP contribution >= 0.6 is 15.9 Å². The maximum atomic E-state index is 13.7. The molecule has 1 aromatic carbocycles. The van der Waals surface area contributed by atoms with Gasteiger partial charge in [0.1, 0.15) is 0 Å². The van der Waals surface area contributed by atoms with E-state index in [1.807, 2.05) is 6.07 Å². The molecule has 0 saturated heterocycles. The quantitative estimate of drug-likeness (QED) is 0.735. The van der Waals surface area contributed by atoms with Gasteiger partial charge in [0.25, 0.3) is 0 Å². The van der Waals surface area contributed by atoms with Crippen molar-refractivity contribution in [2.24, 2.45) is 17.8 Å². The van der Waals surface area contributed by atoms with Gasteiger partial charge in [-0.3, -0.25) is 0 Å². The maximum Gasteiger partial charge on any atom is 0.165 e. The zero-order chi connectivity index (χ0) is 12.7. The Hall–Kier alpha value is -0.570. The predicted octanol–water partition coefficient (Wildman–Crippen LogP) is 4.71. The normalized spacial score (nSPS) is 31.6. The third-order valence-electron chi connectivity index (χ3n) is 4.55. The molecule has 2 saturated carbocycles. The summed E-state index contributed by atoms with van der Waals surface area (Å²) < 4.78 is 18.7. The number of alkyl halides is 1. The van der Waals surface area contributed by atoms with Crippen molar-refractivity contribution in [1.82, 2.24) is 0 Å². The molecule has 2 aliphatic rings. The highest BCUT2D eigenvalue weighted by Crippen LogP contribution is 2.62. The number of hydrogen-bond acceptors (Lipinski definition) is 1. The topological polar surface area (TPSA) is 9.23 Å². The van der Waals surface area contributed by atoms with Crippen LogP contribution in [0, 0.1) is 23.6 Å². The minimum absolute atomic E-state index is 0.261. The molecule has 1 aromatic rings. The Kier molecular flexibility index (Phi) is 3.35. The summed E-state index contributed by atoms with van der Waals surface area (Å²) in [5, 5.41) is 0. The lowest BCUT2D eigenvalue weighted by atomic mass is 10.0. The molecular weight excluding hydrogens is 295 g/mol. The molecule has 0 aliphatic heterocycles. The van der Waals surface area contributed by atoms with Crippen LogP contribution in [0.5, 0.6) is 5.75 Å². The molecule has 3 rings (SSSR count). The van der Waals surface area contributed by atoms with Gasteiger partial charge in [0, 0.05) is 4.83 Å². The molecular formula is C15H18BrFO. The molecule has 0 heterocycles. The van der Waals surface area contributed by atoms with Crippen molar-refractivity contribution < 1.29 is 9.13 Å². The van der Waals surface area contributed by atoms with Crippen molar-refractivity contribution in [2.75, 3.05) is 7.11 Å². The van der Waals surface area contributed by atoms with Gasteiger partial charge in [0.2, 0.25) is 0 Å². The summed E-state index contributed by atoms with van der Waals surface area (Å²) in [4.78, 5) is 0.297. The highest BCUT2D eigenvalue weighted by Gasteiger charge is 2.53. The van der Waals surface area contributed by atoms with Crippen LogP contribution in [0.1, 0.15) is 36.1 Å². The molecule has 0 aromatic heterocycles. The zero-order valence-corrected chi connectivity index (χ0v) is 12.1. The van der Waals surface area contributed by atoms with Gasteiger partial charge in [0.05, 0.1) is 7.11 Å². The molecule has 0 N–H and O–H groups in total.